The molecule has 0 amide bonds. The summed E-state index contributed by atoms with van der Waals surface area (Å²) in [5.74, 6) is -19.5. The number of hydrogen-bond donors (Lipinski definition) is 0. The second-order valence-electron chi connectivity index (χ2n) is 3.89. The predicted octanol–water partition coefficient (Wildman–Crippen LogP) is 1.61. The van der Waals surface area contributed by atoms with Crippen LogP contribution in [0.1, 0.15) is 0 Å². The van der Waals surface area contributed by atoms with Gasteiger partial charge in [-0.1, -0.05) is 0 Å². The van der Waals surface area contributed by atoms with Gasteiger partial charge in [-0.3, -0.25) is 14.4 Å². The van der Waals surface area contributed by atoms with Crippen molar-refractivity contribution in [2.45, 2.75) is 0 Å². The third-order valence-electron chi connectivity index (χ3n) is 2.59. The number of carbonyl (C=O) groups is 3. The highest BCUT2D eigenvalue weighted by atomic mass is 19.2. The molecular weight excluding hydrogens is 303 g/mol. The first kappa shape index (κ1) is 14.8. The van der Waals surface area contributed by atoms with Gasteiger partial charge in [-0.15, -0.1) is 0 Å². The molecule has 0 heterocycles. The van der Waals surface area contributed by atoms with Crippen LogP contribution in [0.3, 0.4) is 0 Å². The van der Waals surface area contributed by atoms with Crippen LogP contribution < -0.4 is 4.74 Å². The van der Waals surface area contributed by atoms with Crippen molar-refractivity contribution >= 4 is 17.5 Å². The fourth-order valence-corrected chi connectivity index (χ4v) is 1.56. The molecule has 0 saturated heterocycles. The Balaban J connectivity index is 2.39. The highest BCUT2D eigenvalue weighted by Crippen LogP contribution is 2.30. The van der Waals surface area contributed by atoms with Crippen LogP contribution >= 0.6 is 0 Å². The van der Waals surface area contributed by atoms with Gasteiger partial charge < -0.3 is 4.74 Å². The Morgan fingerprint density at radius 1 is 0.810 bits per heavy atom. The number of halogens is 5. The minimum atomic E-state index is -2.43. The maximum absolute atomic E-state index is 13.3. The minimum Gasteiger partial charge on any atom is -0.419 e. The van der Waals surface area contributed by atoms with Gasteiger partial charge >= 0.3 is 5.97 Å². The quantitative estimate of drug-likeness (QED) is 0.208. The number of allylic oxidation sites excluding steroid dienone is 2. The van der Waals surface area contributed by atoms with Gasteiger partial charge in [0.25, 0.3) is 0 Å². The first-order valence-electron chi connectivity index (χ1n) is 5.24. The topological polar surface area (TPSA) is 60.4 Å². The Bertz CT molecular complexity index is 663. The summed E-state index contributed by atoms with van der Waals surface area (Å²) in [7, 11) is 0. The van der Waals surface area contributed by atoms with Crippen LogP contribution in [-0.2, 0) is 14.4 Å². The van der Waals surface area contributed by atoms with E-state index in [0.29, 0.717) is 0 Å². The molecule has 21 heavy (non-hydrogen) atoms. The largest absolute Gasteiger partial charge is 0.419 e. The molecule has 0 aromatic heterocycles. The van der Waals surface area contributed by atoms with Gasteiger partial charge in [0.15, 0.2) is 17.5 Å². The molecule has 0 unspecified atom stereocenters. The minimum absolute atomic E-state index is 0.729. The zero-order valence-electron chi connectivity index (χ0n) is 9.75. The first-order valence-corrected chi connectivity index (χ1v) is 5.24. The smallest absolute Gasteiger partial charge is 0.330 e. The van der Waals surface area contributed by atoms with Crippen LogP contribution in [0.5, 0.6) is 5.75 Å². The Labute approximate surface area is 112 Å². The highest BCUT2D eigenvalue weighted by Gasteiger charge is 2.38. The first-order chi connectivity index (χ1) is 9.75. The molecular formula is C12H3F5O4. The SMILES string of the molecule is O=C1C=CC(=O)C1C(=O)Oc1c(F)c(F)c(F)c(F)c1F. The zero-order chi connectivity index (χ0) is 15.9. The van der Waals surface area contributed by atoms with Gasteiger partial charge in [0.05, 0.1) is 0 Å². The number of benzene rings is 1. The third-order valence-corrected chi connectivity index (χ3v) is 2.59. The molecule has 0 spiro atoms. The molecule has 0 N–H and O–H groups in total. The van der Waals surface area contributed by atoms with Gasteiger partial charge in [0.2, 0.25) is 34.8 Å². The summed E-state index contributed by atoms with van der Waals surface area (Å²) in [5.41, 5.74) is 0. The lowest BCUT2D eigenvalue weighted by molar-refractivity contribution is -0.145. The molecule has 0 aliphatic heterocycles. The van der Waals surface area contributed by atoms with Gasteiger partial charge in [0.1, 0.15) is 0 Å². The van der Waals surface area contributed by atoms with Crippen molar-refractivity contribution in [2.75, 3.05) is 0 Å². The molecule has 0 fully saturated rings. The predicted molar refractivity (Wildman–Crippen MR) is 54.5 cm³/mol. The zero-order valence-corrected chi connectivity index (χ0v) is 9.75. The van der Waals surface area contributed by atoms with Crippen LogP contribution in [0.4, 0.5) is 22.0 Å². The van der Waals surface area contributed by atoms with Gasteiger partial charge in [-0.25, -0.2) is 13.2 Å². The molecule has 2 rings (SSSR count). The van der Waals surface area contributed by atoms with Crippen molar-refractivity contribution in [3.05, 3.63) is 41.2 Å². The van der Waals surface area contributed by atoms with E-state index in [0.717, 1.165) is 12.2 Å². The number of hydrogen-bond acceptors (Lipinski definition) is 4. The number of carbonyl (C=O) groups excluding carboxylic acids is 3. The molecule has 1 aliphatic carbocycles. The van der Waals surface area contributed by atoms with E-state index in [2.05, 4.69) is 4.74 Å². The fourth-order valence-electron chi connectivity index (χ4n) is 1.56. The summed E-state index contributed by atoms with van der Waals surface area (Å²) >= 11 is 0. The van der Waals surface area contributed by atoms with Crippen LogP contribution in [0.25, 0.3) is 0 Å². The lowest BCUT2D eigenvalue weighted by atomic mass is 10.1. The molecule has 1 aromatic rings. The van der Waals surface area contributed by atoms with Gasteiger partial charge in [-0.05, 0) is 12.2 Å². The summed E-state index contributed by atoms with van der Waals surface area (Å²) in [6.07, 6.45) is 1.46. The molecule has 0 bridgehead atoms. The van der Waals surface area contributed by atoms with Crippen molar-refractivity contribution in [1.82, 2.24) is 0 Å². The average Bonchev–Trinajstić information content (AvgIpc) is 2.78. The van der Waals surface area contributed by atoms with E-state index >= 15 is 0 Å². The van der Waals surface area contributed by atoms with E-state index in [4.69, 9.17) is 0 Å². The molecule has 0 radical (unpaired) electrons. The average molecular weight is 306 g/mol. The van der Waals surface area contributed by atoms with Crippen molar-refractivity contribution < 1.29 is 41.1 Å². The number of ether oxygens (including phenoxy) is 1. The summed E-state index contributed by atoms with van der Waals surface area (Å²) in [6.45, 7) is 0. The molecule has 1 aliphatic rings. The number of rotatable bonds is 2. The summed E-state index contributed by atoms with van der Waals surface area (Å²) < 4.78 is 69.1. The highest BCUT2D eigenvalue weighted by molar-refractivity contribution is 6.28. The normalized spacial score (nSPS) is 14.9. The van der Waals surface area contributed by atoms with E-state index in [-0.39, 0.29) is 0 Å². The monoisotopic (exact) mass is 306 g/mol. The third kappa shape index (κ3) is 2.30. The lowest BCUT2D eigenvalue weighted by Gasteiger charge is -2.10. The van der Waals surface area contributed by atoms with Crippen molar-refractivity contribution in [1.29, 1.82) is 0 Å². The van der Waals surface area contributed by atoms with Crippen molar-refractivity contribution in [3.8, 4) is 5.75 Å². The Kier molecular flexibility index (Phi) is 3.58. The van der Waals surface area contributed by atoms with E-state index in [1.165, 1.54) is 0 Å². The molecule has 4 nitrogen and oxygen atoms in total. The van der Waals surface area contributed by atoms with E-state index in [1.807, 2.05) is 0 Å². The fraction of sp³-hybridized carbons (Fsp3) is 0.0833. The van der Waals surface area contributed by atoms with Crippen LogP contribution in [0.2, 0.25) is 0 Å². The van der Waals surface area contributed by atoms with E-state index in [1.54, 1.807) is 0 Å². The Morgan fingerprint density at radius 3 is 1.62 bits per heavy atom. The maximum atomic E-state index is 13.3. The molecule has 110 valence electrons. The van der Waals surface area contributed by atoms with E-state index < -0.39 is 58.3 Å². The number of ketones is 2. The molecule has 0 atom stereocenters. The Hall–Kier alpha value is -2.58. The van der Waals surface area contributed by atoms with Crippen LogP contribution in [0.15, 0.2) is 12.2 Å². The van der Waals surface area contributed by atoms with Crippen LogP contribution in [-0.4, -0.2) is 17.5 Å². The second kappa shape index (κ2) is 5.08. The number of esters is 1. The summed E-state index contributed by atoms with van der Waals surface area (Å²) in [4.78, 5) is 33.8. The van der Waals surface area contributed by atoms with Crippen molar-refractivity contribution in [3.63, 3.8) is 0 Å². The lowest BCUT2D eigenvalue weighted by Crippen LogP contribution is -2.30. The molecule has 0 saturated carbocycles. The van der Waals surface area contributed by atoms with Gasteiger partial charge in [0, 0.05) is 0 Å². The second-order valence-corrected chi connectivity index (χ2v) is 3.89. The molecule has 9 heteroatoms. The maximum Gasteiger partial charge on any atom is 0.330 e. The standard InChI is InChI=1S/C12H3F5O4/c13-6-7(14)9(16)11(10(17)8(6)15)21-12(20)5-3(18)1-2-4(5)19/h1-2,5H. The van der Waals surface area contributed by atoms with Gasteiger partial charge in [-0.2, -0.15) is 8.78 Å². The molecule has 1 aromatic carbocycles. The van der Waals surface area contributed by atoms with E-state index in [9.17, 15) is 36.3 Å². The summed E-state index contributed by atoms with van der Waals surface area (Å²) in [6, 6.07) is 0. The van der Waals surface area contributed by atoms with Crippen molar-refractivity contribution in [2.24, 2.45) is 5.92 Å². The Morgan fingerprint density at radius 2 is 1.19 bits per heavy atom. The summed E-state index contributed by atoms with van der Waals surface area (Å²) in [5, 5.41) is 0. The van der Waals surface area contributed by atoms with Crippen LogP contribution in [0, 0.1) is 35.0 Å².